The molecule has 1 aliphatic rings. The van der Waals surface area contributed by atoms with E-state index in [2.05, 4.69) is 4.98 Å². The number of fused-ring (bicyclic) bond motifs is 1. The monoisotopic (exact) mass is 471 g/mol. The Labute approximate surface area is 197 Å². The van der Waals surface area contributed by atoms with Crippen molar-refractivity contribution in [3.63, 3.8) is 0 Å². The van der Waals surface area contributed by atoms with Crippen molar-refractivity contribution in [2.45, 2.75) is 52.1 Å². The summed E-state index contributed by atoms with van der Waals surface area (Å²) in [7, 11) is 1.64. The molecule has 3 aromatic rings. The van der Waals surface area contributed by atoms with Crippen LogP contribution in [0.4, 0.5) is 10.6 Å². The van der Waals surface area contributed by atoms with E-state index in [4.69, 9.17) is 23.9 Å². The average Bonchev–Trinajstić information content (AvgIpc) is 3.32. The van der Waals surface area contributed by atoms with Crippen molar-refractivity contribution in [2.24, 2.45) is 0 Å². The van der Waals surface area contributed by atoms with E-state index in [1.807, 2.05) is 58.9 Å². The first-order valence-corrected chi connectivity index (χ1v) is 11.6. The number of aromatic nitrogens is 2. The summed E-state index contributed by atoms with van der Waals surface area (Å²) in [5, 5.41) is 0.843. The number of pyridine rings is 1. The molecular weight excluding hydrogens is 442 g/mol. The molecule has 0 N–H and O–H groups in total. The SMILES string of the molecule is CN(C(=O)OC(C)(C)C)c1ccc(-c2nc3ccc(OC[C@@H]4COC(C)(C)O4)cc3s2)cn1. The Morgan fingerprint density at radius 2 is 2.06 bits per heavy atom. The Balaban J connectivity index is 1.43. The molecule has 0 saturated carbocycles. The third-order valence-corrected chi connectivity index (χ3v) is 5.94. The van der Waals surface area contributed by atoms with Gasteiger partial charge < -0.3 is 18.9 Å². The molecule has 9 heteroatoms. The minimum atomic E-state index is -0.566. The second-order valence-corrected chi connectivity index (χ2v) is 10.4. The van der Waals surface area contributed by atoms with Crippen molar-refractivity contribution in [2.75, 3.05) is 25.2 Å². The lowest BCUT2D eigenvalue weighted by atomic mass is 10.2. The number of anilines is 1. The molecule has 8 nitrogen and oxygen atoms in total. The van der Waals surface area contributed by atoms with Crippen LogP contribution >= 0.6 is 11.3 Å². The molecular formula is C24H29N3O5S. The summed E-state index contributed by atoms with van der Waals surface area (Å²) in [4.78, 5) is 22.8. The van der Waals surface area contributed by atoms with Crippen LogP contribution in [0.25, 0.3) is 20.8 Å². The highest BCUT2D eigenvalue weighted by Gasteiger charge is 2.33. The van der Waals surface area contributed by atoms with Gasteiger partial charge in [0, 0.05) is 18.8 Å². The fourth-order valence-electron chi connectivity index (χ4n) is 3.29. The predicted octanol–water partition coefficient (Wildman–Crippen LogP) is 5.26. The molecule has 3 heterocycles. The molecule has 0 spiro atoms. The Morgan fingerprint density at radius 3 is 2.70 bits per heavy atom. The Morgan fingerprint density at radius 1 is 1.27 bits per heavy atom. The molecule has 1 atom stereocenters. The van der Waals surface area contributed by atoms with Gasteiger partial charge in [0.25, 0.3) is 0 Å². The number of thiazole rings is 1. The number of benzene rings is 1. The van der Waals surface area contributed by atoms with Crippen molar-refractivity contribution in [1.82, 2.24) is 9.97 Å². The first-order valence-electron chi connectivity index (χ1n) is 10.8. The van der Waals surface area contributed by atoms with Crippen LogP contribution in [0.5, 0.6) is 5.75 Å². The largest absolute Gasteiger partial charge is 0.491 e. The molecule has 4 rings (SSSR count). The number of hydrogen-bond acceptors (Lipinski definition) is 8. The van der Waals surface area contributed by atoms with E-state index in [0.717, 1.165) is 26.5 Å². The molecule has 1 aromatic carbocycles. The summed E-state index contributed by atoms with van der Waals surface area (Å²) in [5.74, 6) is 0.708. The molecule has 1 fully saturated rings. The van der Waals surface area contributed by atoms with Crippen molar-refractivity contribution >= 4 is 33.5 Å². The van der Waals surface area contributed by atoms with Gasteiger partial charge in [0.2, 0.25) is 0 Å². The lowest BCUT2D eigenvalue weighted by Crippen LogP contribution is -2.34. The van der Waals surface area contributed by atoms with Gasteiger partial charge in [-0.15, -0.1) is 11.3 Å². The number of ether oxygens (including phenoxy) is 4. The maximum absolute atomic E-state index is 12.3. The van der Waals surface area contributed by atoms with E-state index < -0.39 is 17.5 Å². The first-order chi connectivity index (χ1) is 15.5. The average molecular weight is 472 g/mol. The van der Waals surface area contributed by atoms with E-state index >= 15 is 0 Å². The second kappa shape index (κ2) is 8.89. The number of amides is 1. The molecule has 33 heavy (non-hydrogen) atoms. The van der Waals surface area contributed by atoms with Crippen molar-refractivity contribution in [3.8, 4) is 16.3 Å². The van der Waals surface area contributed by atoms with Crippen LogP contribution in [-0.2, 0) is 14.2 Å². The van der Waals surface area contributed by atoms with Crippen LogP contribution in [-0.4, -0.2) is 53.8 Å². The van der Waals surface area contributed by atoms with E-state index in [1.165, 1.54) is 4.90 Å². The topological polar surface area (TPSA) is 83.0 Å². The number of nitrogens with zero attached hydrogens (tertiary/aromatic N) is 3. The molecule has 0 radical (unpaired) electrons. The number of hydrogen-bond donors (Lipinski definition) is 0. The normalized spacial score (nSPS) is 17.8. The summed E-state index contributed by atoms with van der Waals surface area (Å²) in [6, 6.07) is 9.51. The summed E-state index contributed by atoms with van der Waals surface area (Å²) in [5.41, 5.74) is 1.20. The number of carbonyl (C=O) groups is 1. The summed E-state index contributed by atoms with van der Waals surface area (Å²) in [6.45, 7) is 10.2. The van der Waals surface area contributed by atoms with Gasteiger partial charge in [-0.25, -0.2) is 14.8 Å². The smallest absolute Gasteiger partial charge is 0.415 e. The Bertz CT molecular complexity index is 1140. The molecule has 1 saturated heterocycles. The molecule has 0 bridgehead atoms. The highest BCUT2D eigenvalue weighted by molar-refractivity contribution is 7.21. The lowest BCUT2D eigenvalue weighted by molar-refractivity contribution is -0.141. The van der Waals surface area contributed by atoms with Crippen LogP contribution in [0.1, 0.15) is 34.6 Å². The third kappa shape index (κ3) is 5.79. The molecule has 2 aromatic heterocycles. The molecule has 1 aliphatic heterocycles. The van der Waals surface area contributed by atoms with Gasteiger partial charge in [-0.2, -0.15) is 0 Å². The minimum Gasteiger partial charge on any atom is -0.491 e. The zero-order valence-corrected chi connectivity index (χ0v) is 20.6. The number of rotatable bonds is 5. The van der Waals surface area contributed by atoms with Gasteiger partial charge >= 0.3 is 6.09 Å². The summed E-state index contributed by atoms with van der Waals surface area (Å²) >= 11 is 1.56. The summed E-state index contributed by atoms with van der Waals surface area (Å²) < 4.78 is 23.7. The van der Waals surface area contributed by atoms with Crippen LogP contribution in [0, 0.1) is 0 Å². The van der Waals surface area contributed by atoms with Crippen LogP contribution in [0.2, 0.25) is 0 Å². The molecule has 0 unspecified atom stereocenters. The Kier molecular flexibility index (Phi) is 6.30. The van der Waals surface area contributed by atoms with Gasteiger partial charge in [-0.1, -0.05) is 0 Å². The van der Waals surface area contributed by atoms with Gasteiger partial charge in [0.05, 0.1) is 16.8 Å². The zero-order valence-electron chi connectivity index (χ0n) is 19.7. The van der Waals surface area contributed by atoms with E-state index in [-0.39, 0.29) is 6.10 Å². The van der Waals surface area contributed by atoms with E-state index in [0.29, 0.717) is 19.0 Å². The first kappa shape index (κ1) is 23.4. The second-order valence-electron chi connectivity index (χ2n) is 9.35. The fraction of sp³-hybridized carbons (Fsp3) is 0.458. The van der Waals surface area contributed by atoms with Gasteiger partial charge in [0.15, 0.2) is 5.79 Å². The highest BCUT2D eigenvalue weighted by Crippen LogP contribution is 2.33. The van der Waals surface area contributed by atoms with Crippen molar-refractivity contribution in [1.29, 1.82) is 0 Å². The molecule has 1 amide bonds. The lowest BCUT2D eigenvalue weighted by Gasteiger charge is -2.24. The standard InChI is InChI=1S/C24H29N3O5S/c1-23(2,3)32-22(28)27(6)20-10-7-15(12-25-20)21-26-18-9-8-16(11-19(18)33-21)29-13-17-14-30-24(4,5)31-17/h7-12,17H,13-14H2,1-6H3/t17-/m1/s1. The highest BCUT2D eigenvalue weighted by atomic mass is 32.1. The maximum Gasteiger partial charge on any atom is 0.415 e. The van der Waals surface area contributed by atoms with E-state index in [1.54, 1.807) is 30.6 Å². The molecule has 0 aliphatic carbocycles. The van der Waals surface area contributed by atoms with Gasteiger partial charge in [-0.05, 0) is 65.0 Å². The van der Waals surface area contributed by atoms with Crippen LogP contribution in [0.3, 0.4) is 0 Å². The Hall–Kier alpha value is -2.75. The summed E-state index contributed by atoms with van der Waals surface area (Å²) in [6.07, 6.45) is 1.18. The van der Waals surface area contributed by atoms with Crippen molar-refractivity contribution in [3.05, 3.63) is 36.5 Å². The molecule has 176 valence electrons. The van der Waals surface area contributed by atoms with E-state index in [9.17, 15) is 4.79 Å². The van der Waals surface area contributed by atoms with Crippen molar-refractivity contribution < 1.29 is 23.7 Å². The minimum absolute atomic E-state index is 0.0869. The van der Waals surface area contributed by atoms with Gasteiger partial charge in [-0.3, -0.25) is 4.90 Å². The predicted molar refractivity (Wildman–Crippen MR) is 128 cm³/mol. The quantitative estimate of drug-likeness (QED) is 0.502. The third-order valence-electron chi connectivity index (χ3n) is 4.87. The maximum atomic E-state index is 12.3. The zero-order chi connectivity index (χ0) is 23.8. The number of carbonyl (C=O) groups excluding carboxylic acids is 1. The van der Waals surface area contributed by atoms with Crippen LogP contribution in [0.15, 0.2) is 36.5 Å². The fourth-order valence-corrected chi connectivity index (χ4v) is 4.27. The van der Waals surface area contributed by atoms with Crippen LogP contribution < -0.4 is 9.64 Å². The van der Waals surface area contributed by atoms with Gasteiger partial charge in [0.1, 0.15) is 34.9 Å².